The fourth-order valence-electron chi connectivity index (χ4n) is 4.81. The first-order valence-corrected chi connectivity index (χ1v) is 11.1. The van der Waals surface area contributed by atoms with Gasteiger partial charge in [-0.3, -0.25) is 4.79 Å². The molecule has 1 aromatic heterocycles. The Kier molecular flexibility index (Phi) is 6.99. The first kappa shape index (κ1) is 22.2. The molecule has 2 aromatic rings. The SMILES string of the molecule is Cc1nc(C2(c3ccccc3)CCN(C(=O)[C@H]3CC[C@@H](O)[C@H](N)C3)CC2)cs1.Cl. The topological polar surface area (TPSA) is 79.5 Å². The number of hydrogen-bond donors (Lipinski definition) is 2. The highest BCUT2D eigenvalue weighted by molar-refractivity contribution is 7.09. The van der Waals surface area contributed by atoms with Crippen LogP contribution >= 0.6 is 23.7 Å². The molecular weight excluding hydrogens is 406 g/mol. The molecule has 5 nitrogen and oxygen atoms in total. The molecule has 2 aliphatic rings. The maximum absolute atomic E-state index is 13.1. The zero-order valence-electron chi connectivity index (χ0n) is 16.8. The minimum absolute atomic E-state index is 0. The van der Waals surface area contributed by atoms with Crippen LogP contribution in [0, 0.1) is 12.8 Å². The van der Waals surface area contributed by atoms with Crippen LogP contribution in [0.25, 0.3) is 0 Å². The van der Waals surface area contributed by atoms with E-state index in [-0.39, 0.29) is 35.7 Å². The number of aromatic nitrogens is 1. The Balaban J connectivity index is 0.00000240. The van der Waals surface area contributed by atoms with Gasteiger partial charge in [0.1, 0.15) is 0 Å². The molecule has 1 saturated heterocycles. The second kappa shape index (κ2) is 9.13. The number of aliphatic hydroxyl groups excluding tert-OH is 1. The van der Waals surface area contributed by atoms with E-state index >= 15 is 0 Å². The molecule has 2 heterocycles. The number of aliphatic hydroxyl groups is 1. The summed E-state index contributed by atoms with van der Waals surface area (Å²) in [7, 11) is 0. The van der Waals surface area contributed by atoms with Crippen molar-refractivity contribution in [2.45, 2.75) is 56.6 Å². The third-order valence-corrected chi connectivity index (χ3v) is 7.35. The summed E-state index contributed by atoms with van der Waals surface area (Å²) in [5.74, 6) is 0.155. The number of carbonyl (C=O) groups excluding carboxylic acids is 1. The number of carbonyl (C=O) groups is 1. The summed E-state index contributed by atoms with van der Waals surface area (Å²) in [5.41, 5.74) is 8.31. The van der Waals surface area contributed by atoms with Crippen LogP contribution in [0.3, 0.4) is 0 Å². The van der Waals surface area contributed by atoms with Crippen molar-refractivity contribution in [2.24, 2.45) is 11.7 Å². The van der Waals surface area contributed by atoms with Crippen molar-refractivity contribution in [1.29, 1.82) is 0 Å². The highest BCUT2D eigenvalue weighted by Gasteiger charge is 2.42. The highest BCUT2D eigenvalue weighted by atomic mass is 35.5. The van der Waals surface area contributed by atoms with E-state index in [9.17, 15) is 9.90 Å². The van der Waals surface area contributed by atoms with Crippen LogP contribution in [-0.4, -0.2) is 46.1 Å². The fourth-order valence-corrected chi connectivity index (χ4v) is 5.53. The van der Waals surface area contributed by atoms with Crippen LogP contribution in [-0.2, 0) is 10.2 Å². The number of nitrogens with zero attached hydrogens (tertiary/aromatic N) is 2. The van der Waals surface area contributed by atoms with E-state index in [1.165, 1.54) is 5.56 Å². The van der Waals surface area contributed by atoms with E-state index in [0.29, 0.717) is 12.8 Å². The van der Waals surface area contributed by atoms with Gasteiger partial charge < -0.3 is 15.7 Å². The van der Waals surface area contributed by atoms with Crippen LogP contribution < -0.4 is 5.73 Å². The van der Waals surface area contributed by atoms with Crippen LogP contribution in [0.15, 0.2) is 35.7 Å². The Bertz CT molecular complexity index is 820. The third-order valence-electron chi connectivity index (χ3n) is 6.58. The van der Waals surface area contributed by atoms with Crippen molar-refractivity contribution in [3.05, 3.63) is 52.0 Å². The summed E-state index contributed by atoms with van der Waals surface area (Å²) >= 11 is 1.69. The van der Waals surface area contributed by atoms with Gasteiger partial charge in [-0.15, -0.1) is 23.7 Å². The number of halogens is 1. The molecule has 1 aliphatic carbocycles. The summed E-state index contributed by atoms with van der Waals surface area (Å²) in [4.78, 5) is 19.9. The van der Waals surface area contributed by atoms with Gasteiger partial charge in [-0.05, 0) is 44.6 Å². The van der Waals surface area contributed by atoms with Gasteiger partial charge in [0.2, 0.25) is 5.91 Å². The average molecular weight is 436 g/mol. The van der Waals surface area contributed by atoms with E-state index < -0.39 is 6.10 Å². The first-order chi connectivity index (χ1) is 13.5. The molecule has 3 atom stereocenters. The van der Waals surface area contributed by atoms with Crippen molar-refractivity contribution >= 4 is 29.7 Å². The van der Waals surface area contributed by atoms with Crippen molar-refractivity contribution < 1.29 is 9.90 Å². The number of amides is 1. The molecule has 1 saturated carbocycles. The summed E-state index contributed by atoms with van der Waals surface area (Å²) in [6.45, 7) is 3.52. The predicted molar refractivity (Wildman–Crippen MR) is 118 cm³/mol. The highest BCUT2D eigenvalue weighted by Crippen LogP contribution is 2.42. The first-order valence-electron chi connectivity index (χ1n) is 10.2. The number of hydrogen-bond acceptors (Lipinski definition) is 5. The quantitative estimate of drug-likeness (QED) is 0.775. The summed E-state index contributed by atoms with van der Waals surface area (Å²) in [6, 6.07) is 10.3. The number of benzene rings is 1. The van der Waals surface area contributed by atoms with E-state index in [1.54, 1.807) is 11.3 Å². The minimum Gasteiger partial charge on any atom is -0.392 e. The summed E-state index contributed by atoms with van der Waals surface area (Å²) in [6.07, 6.45) is 3.24. The van der Waals surface area contributed by atoms with Gasteiger partial charge >= 0.3 is 0 Å². The molecule has 0 bridgehead atoms. The lowest BCUT2D eigenvalue weighted by Gasteiger charge is -2.43. The van der Waals surface area contributed by atoms with Gasteiger partial charge in [-0.25, -0.2) is 4.98 Å². The van der Waals surface area contributed by atoms with Crippen molar-refractivity contribution in [2.75, 3.05) is 13.1 Å². The molecule has 4 rings (SSSR count). The van der Waals surface area contributed by atoms with Gasteiger partial charge in [0, 0.05) is 35.8 Å². The van der Waals surface area contributed by atoms with E-state index in [4.69, 9.17) is 10.7 Å². The monoisotopic (exact) mass is 435 g/mol. The lowest BCUT2D eigenvalue weighted by atomic mass is 9.70. The van der Waals surface area contributed by atoms with Crippen LogP contribution in [0.2, 0.25) is 0 Å². The molecule has 1 aliphatic heterocycles. The van der Waals surface area contributed by atoms with Gasteiger partial charge in [0.15, 0.2) is 0 Å². The summed E-state index contributed by atoms with van der Waals surface area (Å²) < 4.78 is 0. The Labute approximate surface area is 182 Å². The van der Waals surface area contributed by atoms with Crippen LogP contribution in [0.5, 0.6) is 0 Å². The molecule has 29 heavy (non-hydrogen) atoms. The number of thiazole rings is 1. The van der Waals surface area contributed by atoms with Crippen molar-refractivity contribution in [3.63, 3.8) is 0 Å². The second-order valence-electron chi connectivity index (χ2n) is 8.27. The summed E-state index contributed by atoms with van der Waals surface area (Å²) in [5, 5.41) is 13.1. The molecular formula is C22H30ClN3O2S. The molecule has 158 valence electrons. The molecule has 0 radical (unpaired) electrons. The maximum Gasteiger partial charge on any atom is 0.225 e. The largest absolute Gasteiger partial charge is 0.392 e. The Morgan fingerprint density at radius 1 is 1.24 bits per heavy atom. The van der Waals surface area contributed by atoms with Gasteiger partial charge in [-0.2, -0.15) is 0 Å². The normalized spacial score (nSPS) is 26.6. The van der Waals surface area contributed by atoms with Gasteiger partial charge in [0.05, 0.1) is 16.8 Å². The number of rotatable bonds is 3. The average Bonchev–Trinajstić information content (AvgIpc) is 3.17. The molecule has 3 N–H and O–H groups in total. The van der Waals surface area contributed by atoms with E-state index in [1.807, 2.05) is 17.9 Å². The zero-order chi connectivity index (χ0) is 19.7. The maximum atomic E-state index is 13.1. The number of aryl methyl sites for hydroxylation is 1. The number of piperidine rings is 1. The Morgan fingerprint density at radius 2 is 1.93 bits per heavy atom. The van der Waals surface area contributed by atoms with E-state index in [0.717, 1.165) is 43.1 Å². The van der Waals surface area contributed by atoms with Gasteiger partial charge in [0.25, 0.3) is 0 Å². The third kappa shape index (κ3) is 4.36. The van der Waals surface area contributed by atoms with Crippen molar-refractivity contribution in [1.82, 2.24) is 9.88 Å². The molecule has 2 fully saturated rings. The van der Waals surface area contributed by atoms with Gasteiger partial charge in [-0.1, -0.05) is 30.3 Å². The standard InChI is InChI=1S/C22H29N3O2S.ClH/c1-15-24-20(14-28-15)22(17-5-3-2-4-6-17)9-11-25(12-10-22)21(27)16-7-8-19(26)18(23)13-16;/h2-6,14,16,18-19,26H,7-13,23H2,1H3;1H/t16-,18+,19+;/m0./s1. The number of likely N-dealkylation sites (tertiary alicyclic amines) is 1. The van der Waals surface area contributed by atoms with E-state index in [2.05, 4.69) is 29.6 Å². The Morgan fingerprint density at radius 3 is 2.52 bits per heavy atom. The second-order valence-corrected chi connectivity index (χ2v) is 9.33. The molecule has 0 spiro atoms. The lowest BCUT2D eigenvalue weighted by Crippen LogP contribution is -2.50. The minimum atomic E-state index is -0.468. The number of nitrogens with two attached hydrogens (primary N) is 1. The molecule has 7 heteroatoms. The van der Waals surface area contributed by atoms with Crippen LogP contribution in [0.4, 0.5) is 0 Å². The lowest BCUT2D eigenvalue weighted by molar-refractivity contribution is -0.139. The van der Waals surface area contributed by atoms with Crippen LogP contribution in [0.1, 0.15) is 48.4 Å². The Hall–Kier alpha value is -1.47. The fraction of sp³-hybridized carbons (Fsp3) is 0.545. The molecule has 0 unspecified atom stereocenters. The molecule has 1 amide bonds. The molecule has 1 aromatic carbocycles. The smallest absolute Gasteiger partial charge is 0.225 e. The zero-order valence-corrected chi connectivity index (χ0v) is 18.4. The van der Waals surface area contributed by atoms with Crippen molar-refractivity contribution in [3.8, 4) is 0 Å². The predicted octanol–water partition coefficient (Wildman–Crippen LogP) is 3.27.